The second-order valence-electron chi connectivity index (χ2n) is 6.47. The van der Waals surface area contributed by atoms with Crippen LogP contribution < -0.4 is 0 Å². The molecule has 7 heteroatoms. The Bertz CT molecular complexity index is 936. The van der Waals surface area contributed by atoms with Gasteiger partial charge in [-0.2, -0.15) is 4.31 Å². The number of sulfonamides is 1. The first-order valence-electron chi connectivity index (χ1n) is 8.41. The van der Waals surface area contributed by atoms with Crippen LogP contribution in [0.4, 0.5) is 0 Å². The summed E-state index contributed by atoms with van der Waals surface area (Å²) in [6.45, 7) is 5.29. The van der Waals surface area contributed by atoms with Gasteiger partial charge in [-0.05, 0) is 43.7 Å². The van der Waals surface area contributed by atoms with Gasteiger partial charge in [-0.3, -0.25) is 4.79 Å². The molecule has 1 heterocycles. The summed E-state index contributed by atoms with van der Waals surface area (Å²) in [7, 11) is -3.55. The number of aryl methyl sites for hydroxylation is 2. The summed E-state index contributed by atoms with van der Waals surface area (Å²) in [5, 5.41) is 0. The maximum Gasteiger partial charge on any atom is 0.254 e. The van der Waals surface area contributed by atoms with Crippen LogP contribution in [0.2, 0.25) is 0 Å². The van der Waals surface area contributed by atoms with Gasteiger partial charge in [-0.1, -0.05) is 39.7 Å². The number of rotatable bonds is 3. The molecule has 0 unspecified atom stereocenters. The number of carbonyl (C=O) groups excluding carboxylic acids is 1. The van der Waals surface area contributed by atoms with Crippen molar-refractivity contribution < 1.29 is 13.2 Å². The van der Waals surface area contributed by atoms with E-state index in [1.807, 2.05) is 32.0 Å². The molecular formula is C19H21BrN2O3S. The average Bonchev–Trinajstić information content (AvgIpc) is 2.61. The number of halogens is 1. The van der Waals surface area contributed by atoms with Gasteiger partial charge < -0.3 is 4.90 Å². The molecule has 1 aliphatic heterocycles. The summed E-state index contributed by atoms with van der Waals surface area (Å²) in [5.41, 5.74) is 2.74. The molecule has 2 aromatic carbocycles. The van der Waals surface area contributed by atoms with E-state index in [9.17, 15) is 13.2 Å². The van der Waals surface area contributed by atoms with Crippen molar-refractivity contribution in [3.05, 3.63) is 63.6 Å². The Hall–Kier alpha value is -1.70. The topological polar surface area (TPSA) is 57.7 Å². The number of amides is 1. The maximum atomic E-state index is 12.8. The molecule has 138 valence electrons. The van der Waals surface area contributed by atoms with E-state index in [0.717, 1.165) is 15.6 Å². The average molecular weight is 437 g/mol. The van der Waals surface area contributed by atoms with Crippen molar-refractivity contribution in [2.45, 2.75) is 18.7 Å². The second kappa shape index (κ2) is 7.50. The fourth-order valence-electron chi connectivity index (χ4n) is 3.13. The highest BCUT2D eigenvalue weighted by Crippen LogP contribution is 2.22. The van der Waals surface area contributed by atoms with Gasteiger partial charge in [0.2, 0.25) is 10.0 Å². The highest BCUT2D eigenvalue weighted by molar-refractivity contribution is 9.10. The Balaban J connectivity index is 1.72. The molecule has 0 aliphatic carbocycles. The van der Waals surface area contributed by atoms with E-state index in [0.29, 0.717) is 31.7 Å². The molecule has 0 spiro atoms. The molecule has 5 nitrogen and oxygen atoms in total. The predicted molar refractivity (Wildman–Crippen MR) is 105 cm³/mol. The summed E-state index contributed by atoms with van der Waals surface area (Å²) in [6.07, 6.45) is 0. The summed E-state index contributed by atoms with van der Waals surface area (Å²) >= 11 is 3.31. The molecule has 1 fully saturated rings. The molecule has 0 radical (unpaired) electrons. The maximum absolute atomic E-state index is 12.8. The SMILES string of the molecule is Cc1ccc(C(=O)N2CCN(S(=O)(=O)c3cccc(Br)c3)CC2)c(C)c1. The smallest absolute Gasteiger partial charge is 0.254 e. The van der Waals surface area contributed by atoms with Crippen LogP contribution in [-0.4, -0.2) is 49.7 Å². The van der Waals surface area contributed by atoms with E-state index in [2.05, 4.69) is 15.9 Å². The molecule has 1 aliphatic rings. The molecule has 0 saturated carbocycles. The third-order valence-corrected chi connectivity index (χ3v) is 6.96. The van der Waals surface area contributed by atoms with Crippen molar-refractivity contribution in [1.82, 2.24) is 9.21 Å². The van der Waals surface area contributed by atoms with Gasteiger partial charge in [0.05, 0.1) is 4.90 Å². The van der Waals surface area contributed by atoms with Crippen LogP contribution >= 0.6 is 15.9 Å². The summed E-state index contributed by atoms with van der Waals surface area (Å²) < 4.78 is 27.7. The van der Waals surface area contributed by atoms with Crippen LogP contribution in [0.1, 0.15) is 21.5 Å². The minimum atomic E-state index is -3.55. The fraction of sp³-hybridized carbons (Fsp3) is 0.316. The Morgan fingerprint density at radius 1 is 1.00 bits per heavy atom. The zero-order valence-electron chi connectivity index (χ0n) is 14.8. The predicted octanol–water partition coefficient (Wildman–Crippen LogP) is 3.21. The quantitative estimate of drug-likeness (QED) is 0.741. The molecule has 0 aromatic heterocycles. The van der Waals surface area contributed by atoms with E-state index in [1.165, 1.54) is 4.31 Å². The van der Waals surface area contributed by atoms with Gasteiger partial charge in [0.25, 0.3) is 5.91 Å². The van der Waals surface area contributed by atoms with Crippen molar-refractivity contribution >= 4 is 31.9 Å². The Morgan fingerprint density at radius 3 is 2.31 bits per heavy atom. The largest absolute Gasteiger partial charge is 0.336 e. The lowest BCUT2D eigenvalue weighted by molar-refractivity contribution is 0.0697. The number of nitrogens with zero attached hydrogens (tertiary/aromatic N) is 2. The third kappa shape index (κ3) is 3.84. The molecule has 0 bridgehead atoms. The Labute approximate surface area is 162 Å². The van der Waals surface area contributed by atoms with E-state index in [4.69, 9.17) is 0 Å². The van der Waals surface area contributed by atoms with Crippen molar-refractivity contribution in [3.63, 3.8) is 0 Å². The number of carbonyl (C=O) groups is 1. The summed E-state index contributed by atoms with van der Waals surface area (Å²) in [5.74, 6) is -0.0398. The minimum absolute atomic E-state index is 0.0398. The minimum Gasteiger partial charge on any atom is -0.336 e. The van der Waals surface area contributed by atoms with Crippen LogP contribution in [-0.2, 0) is 10.0 Å². The molecule has 1 saturated heterocycles. The van der Waals surface area contributed by atoms with Gasteiger partial charge in [-0.25, -0.2) is 8.42 Å². The summed E-state index contributed by atoms with van der Waals surface area (Å²) in [4.78, 5) is 14.7. The van der Waals surface area contributed by atoms with Crippen molar-refractivity contribution in [2.24, 2.45) is 0 Å². The molecule has 0 N–H and O–H groups in total. The molecule has 3 rings (SSSR count). The van der Waals surface area contributed by atoms with Crippen LogP contribution in [0.5, 0.6) is 0 Å². The Kier molecular flexibility index (Phi) is 5.50. The standard InChI is InChI=1S/C19H21BrN2O3S/c1-14-6-7-18(15(2)12-14)19(23)21-8-10-22(11-9-21)26(24,25)17-5-3-4-16(20)13-17/h3-7,12-13H,8-11H2,1-2H3. The second-order valence-corrected chi connectivity index (χ2v) is 9.33. The Morgan fingerprint density at radius 2 is 1.69 bits per heavy atom. The lowest BCUT2D eigenvalue weighted by Gasteiger charge is -2.34. The number of benzene rings is 2. The first-order valence-corrected chi connectivity index (χ1v) is 10.6. The lowest BCUT2D eigenvalue weighted by atomic mass is 10.0. The molecular weight excluding hydrogens is 416 g/mol. The fourth-order valence-corrected chi connectivity index (χ4v) is 5.15. The van der Waals surface area contributed by atoms with Crippen molar-refractivity contribution in [1.29, 1.82) is 0 Å². The number of piperazine rings is 1. The third-order valence-electron chi connectivity index (χ3n) is 4.57. The van der Waals surface area contributed by atoms with Gasteiger partial charge >= 0.3 is 0 Å². The van der Waals surface area contributed by atoms with Crippen molar-refractivity contribution in [2.75, 3.05) is 26.2 Å². The van der Waals surface area contributed by atoms with Gasteiger partial charge in [0.15, 0.2) is 0 Å². The molecule has 26 heavy (non-hydrogen) atoms. The highest BCUT2D eigenvalue weighted by atomic mass is 79.9. The van der Waals surface area contributed by atoms with Crippen LogP contribution in [0.25, 0.3) is 0 Å². The van der Waals surface area contributed by atoms with Gasteiger partial charge in [-0.15, -0.1) is 0 Å². The normalized spacial score (nSPS) is 15.9. The van der Waals surface area contributed by atoms with Crippen molar-refractivity contribution in [3.8, 4) is 0 Å². The lowest BCUT2D eigenvalue weighted by Crippen LogP contribution is -2.50. The van der Waals surface area contributed by atoms with Crippen LogP contribution in [0.3, 0.4) is 0 Å². The first kappa shape index (κ1) is 19.1. The van der Waals surface area contributed by atoms with Crippen LogP contribution in [0.15, 0.2) is 51.8 Å². The molecule has 2 aromatic rings. The van der Waals surface area contributed by atoms with E-state index in [1.54, 1.807) is 29.2 Å². The number of hydrogen-bond donors (Lipinski definition) is 0. The molecule has 0 atom stereocenters. The zero-order valence-corrected chi connectivity index (χ0v) is 17.2. The number of hydrogen-bond acceptors (Lipinski definition) is 3. The summed E-state index contributed by atoms with van der Waals surface area (Å²) in [6, 6.07) is 12.4. The van der Waals surface area contributed by atoms with E-state index in [-0.39, 0.29) is 10.8 Å². The monoisotopic (exact) mass is 436 g/mol. The van der Waals surface area contributed by atoms with E-state index >= 15 is 0 Å². The first-order chi connectivity index (χ1) is 12.3. The van der Waals surface area contributed by atoms with Gasteiger partial charge in [0.1, 0.15) is 0 Å². The molecule has 1 amide bonds. The van der Waals surface area contributed by atoms with E-state index < -0.39 is 10.0 Å². The van der Waals surface area contributed by atoms with Gasteiger partial charge in [0, 0.05) is 36.2 Å². The highest BCUT2D eigenvalue weighted by Gasteiger charge is 2.30. The zero-order chi connectivity index (χ0) is 18.9. The van der Waals surface area contributed by atoms with Crippen LogP contribution in [0, 0.1) is 13.8 Å².